The minimum atomic E-state index is -0.430. The lowest BCUT2D eigenvalue weighted by molar-refractivity contribution is -0.147. The molecule has 0 unspecified atom stereocenters. The van der Waals surface area contributed by atoms with E-state index in [0.717, 1.165) is 5.56 Å². The van der Waals surface area contributed by atoms with Crippen LogP contribution in [0.4, 0.5) is 0 Å². The molecule has 0 N–H and O–H groups in total. The highest BCUT2D eigenvalue weighted by atomic mass is 16.5. The number of benzene rings is 1. The van der Waals surface area contributed by atoms with Gasteiger partial charge in [0.2, 0.25) is 5.91 Å². The third-order valence-corrected chi connectivity index (χ3v) is 3.42. The Bertz CT molecular complexity index is 707. The molecule has 27 heavy (non-hydrogen) atoms. The van der Waals surface area contributed by atoms with Crippen molar-refractivity contribution < 1.29 is 23.8 Å². The van der Waals surface area contributed by atoms with Gasteiger partial charge in [0.25, 0.3) is 0 Å². The summed E-state index contributed by atoms with van der Waals surface area (Å²) in [5.41, 5.74) is 0.727. The maximum Gasteiger partial charge on any atom is 0.325 e. The van der Waals surface area contributed by atoms with E-state index in [2.05, 4.69) is 0 Å². The lowest BCUT2D eigenvalue weighted by Crippen LogP contribution is -2.37. The van der Waals surface area contributed by atoms with Crippen molar-refractivity contribution in [3.63, 3.8) is 0 Å². The largest absolute Gasteiger partial charge is 0.493 e. The van der Waals surface area contributed by atoms with E-state index in [1.54, 1.807) is 31.2 Å². The lowest BCUT2D eigenvalue weighted by atomic mass is 10.1. The maximum atomic E-state index is 12.5. The second-order valence-corrected chi connectivity index (χ2v) is 6.11. The zero-order valence-corrected chi connectivity index (χ0v) is 16.2. The smallest absolute Gasteiger partial charge is 0.325 e. The van der Waals surface area contributed by atoms with Gasteiger partial charge in [-0.2, -0.15) is 5.26 Å². The normalized spacial score (nSPS) is 10.5. The molecule has 0 aromatic heterocycles. The average Bonchev–Trinajstić information content (AvgIpc) is 2.63. The van der Waals surface area contributed by atoms with Gasteiger partial charge in [-0.05, 0) is 36.6 Å². The third-order valence-electron chi connectivity index (χ3n) is 3.42. The van der Waals surface area contributed by atoms with Gasteiger partial charge in [-0.3, -0.25) is 9.59 Å². The summed E-state index contributed by atoms with van der Waals surface area (Å²) in [4.78, 5) is 25.7. The van der Waals surface area contributed by atoms with Crippen LogP contribution in [-0.4, -0.2) is 50.2 Å². The maximum absolute atomic E-state index is 12.5. The lowest BCUT2D eigenvalue weighted by Gasteiger charge is -2.22. The molecule has 0 saturated carbocycles. The fraction of sp³-hybridized carbons (Fsp3) is 0.450. The Kier molecular flexibility index (Phi) is 9.45. The summed E-state index contributed by atoms with van der Waals surface area (Å²) in [6.07, 6.45) is 3.05. The molecule has 0 aliphatic heterocycles. The number of carbonyl (C=O) groups excluding carboxylic acids is 2. The van der Waals surface area contributed by atoms with Crippen LogP contribution in [0.1, 0.15) is 26.3 Å². The van der Waals surface area contributed by atoms with E-state index in [1.165, 1.54) is 18.1 Å². The number of nitrogens with zero attached hydrogens (tertiary/aromatic N) is 2. The third kappa shape index (κ3) is 7.82. The number of esters is 1. The van der Waals surface area contributed by atoms with Crippen LogP contribution in [0.5, 0.6) is 11.5 Å². The molecular weight excluding hydrogens is 348 g/mol. The molecule has 0 saturated heterocycles. The highest BCUT2D eigenvalue weighted by molar-refractivity contribution is 5.93. The first-order valence-corrected chi connectivity index (χ1v) is 8.71. The highest BCUT2D eigenvalue weighted by Gasteiger charge is 2.17. The Morgan fingerprint density at radius 1 is 1.30 bits per heavy atom. The van der Waals surface area contributed by atoms with Crippen molar-refractivity contribution in [2.75, 3.05) is 33.4 Å². The van der Waals surface area contributed by atoms with Crippen molar-refractivity contribution >= 4 is 18.0 Å². The number of methoxy groups -OCH3 is 1. The Labute approximate surface area is 160 Å². The van der Waals surface area contributed by atoms with Crippen LogP contribution in [0, 0.1) is 17.2 Å². The molecule has 146 valence electrons. The summed E-state index contributed by atoms with van der Waals surface area (Å²) in [6, 6.07) is 7.02. The van der Waals surface area contributed by atoms with Crippen molar-refractivity contribution in [2.45, 2.75) is 20.8 Å². The van der Waals surface area contributed by atoms with Gasteiger partial charge in [0.1, 0.15) is 12.6 Å². The van der Waals surface area contributed by atoms with Crippen molar-refractivity contribution in [1.82, 2.24) is 4.90 Å². The van der Waals surface area contributed by atoms with E-state index in [4.69, 9.17) is 19.5 Å². The second-order valence-electron chi connectivity index (χ2n) is 6.11. The molecule has 0 atom stereocenters. The minimum Gasteiger partial charge on any atom is -0.493 e. The number of nitriles is 1. The molecular formula is C20H26N2O5. The molecule has 7 heteroatoms. The van der Waals surface area contributed by atoms with Crippen LogP contribution >= 0.6 is 0 Å². The van der Waals surface area contributed by atoms with E-state index in [9.17, 15) is 9.59 Å². The van der Waals surface area contributed by atoms with E-state index in [0.29, 0.717) is 18.0 Å². The zero-order chi connectivity index (χ0) is 20.2. The predicted molar refractivity (Wildman–Crippen MR) is 101 cm³/mol. The Morgan fingerprint density at radius 3 is 2.63 bits per heavy atom. The molecule has 0 heterocycles. The number of amides is 1. The molecule has 1 aromatic carbocycles. The Hall–Kier alpha value is -3.01. The van der Waals surface area contributed by atoms with Crippen LogP contribution in [0.2, 0.25) is 0 Å². The molecule has 7 nitrogen and oxygen atoms in total. The van der Waals surface area contributed by atoms with Gasteiger partial charge in [0, 0.05) is 12.6 Å². The summed E-state index contributed by atoms with van der Waals surface area (Å²) >= 11 is 0. The molecule has 1 rings (SSSR count). The van der Waals surface area contributed by atoms with Crippen LogP contribution in [0.3, 0.4) is 0 Å². The van der Waals surface area contributed by atoms with E-state index in [1.807, 2.05) is 19.9 Å². The van der Waals surface area contributed by atoms with Gasteiger partial charge in [0.05, 0.1) is 13.7 Å². The van der Waals surface area contributed by atoms with Crippen LogP contribution in [-0.2, 0) is 14.3 Å². The number of ether oxygens (including phenoxy) is 3. The zero-order valence-electron chi connectivity index (χ0n) is 16.2. The molecule has 0 bridgehead atoms. The SMILES string of the molecule is CCOC(=O)CN(CC(C)C)C(=O)/C=C/c1ccc(OCC#N)c(OC)c1. The number of hydrogen-bond acceptors (Lipinski definition) is 6. The molecule has 0 fully saturated rings. The topological polar surface area (TPSA) is 88.9 Å². The first kappa shape index (κ1) is 22.0. The highest BCUT2D eigenvalue weighted by Crippen LogP contribution is 2.28. The number of rotatable bonds is 10. The van der Waals surface area contributed by atoms with Crippen molar-refractivity contribution in [1.29, 1.82) is 5.26 Å². The monoisotopic (exact) mass is 374 g/mol. The number of carbonyl (C=O) groups is 2. The first-order valence-electron chi connectivity index (χ1n) is 8.71. The molecule has 0 aliphatic carbocycles. The fourth-order valence-electron chi connectivity index (χ4n) is 2.33. The summed E-state index contributed by atoms with van der Waals surface area (Å²) in [5, 5.41) is 8.60. The molecule has 0 spiro atoms. The van der Waals surface area contributed by atoms with E-state index < -0.39 is 5.97 Å². The number of hydrogen-bond donors (Lipinski definition) is 0. The molecule has 0 radical (unpaired) electrons. The van der Waals surface area contributed by atoms with Crippen molar-refractivity contribution in [3.05, 3.63) is 29.8 Å². The van der Waals surface area contributed by atoms with Gasteiger partial charge >= 0.3 is 5.97 Å². The Balaban J connectivity index is 2.89. The van der Waals surface area contributed by atoms with Gasteiger partial charge in [-0.15, -0.1) is 0 Å². The van der Waals surface area contributed by atoms with Crippen molar-refractivity contribution in [3.8, 4) is 17.6 Å². The van der Waals surface area contributed by atoms with Crippen molar-refractivity contribution in [2.24, 2.45) is 5.92 Å². The van der Waals surface area contributed by atoms with E-state index >= 15 is 0 Å². The summed E-state index contributed by atoms with van der Waals surface area (Å²) < 4.78 is 15.4. The predicted octanol–water partition coefficient (Wildman–Crippen LogP) is 2.66. The van der Waals surface area contributed by atoms with Crippen LogP contribution in [0.15, 0.2) is 24.3 Å². The fourth-order valence-corrected chi connectivity index (χ4v) is 2.33. The standard InChI is InChI=1S/C20H26N2O5/c1-5-26-20(24)14-22(13-15(2)3)19(23)9-7-16-6-8-17(27-11-10-21)18(12-16)25-4/h6-9,12,15H,5,11,13-14H2,1-4H3/b9-7+. The Morgan fingerprint density at radius 2 is 2.04 bits per heavy atom. The van der Waals surface area contributed by atoms with Gasteiger partial charge < -0.3 is 19.1 Å². The second kappa shape index (κ2) is 11.6. The summed E-state index contributed by atoms with van der Waals surface area (Å²) in [7, 11) is 1.50. The van der Waals surface area contributed by atoms with Crippen LogP contribution in [0.25, 0.3) is 6.08 Å². The van der Waals surface area contributed by atoms with Gasteiger partial charge in [-0.1, -0.05) is 19.9 Å². The quantitative estimate of drug-likeness (QED) is 0.462. The summed E-state index contributed by atoms with van der Waals surface area (Å²) in [5.74, 6) is 0.422. The van der Waals surface area contributed by atoms with Gasteiger partial charge in [0.15, 0.2) is 18.1 Å². The minimum absolute atomic E-state index is 0.0813. The van der Waals surface area contributed by atoms with Gasteiger partial charge in [-0.25, -0.2) is 0 Å². The molecule has 1 amide bonds. The first-order chi connectivity index (χ1) is 12.9. The van der Waals surface area contributed by atoms with Crippen LogP contribution < -0.4 is 9.47 Å². The molecule has 1 aromatic rings. The molecule has 0 aliphatic rings. The average molecular weight is 374 g/mol. The van der Waals surface area contributed by atoms with E-state index in [-0.39, 0.29) is 31.6 Å². The summed E-state index contributed by atoms with van der Waals surface area (Å²) in [6.45, 7) is 6.23.